The number of fused-ring (bicyclic) bond motifs is 1. The smallest absolute Gasteiger partial charge is 0.240 e. The summed E-state index contributed by atoms with van der Waals surface area (Å²) in [6, 6.07) is 7.87. The summed E-state index contributed by atoms with van der Waals surface area (Å²) in [7, 11) is 0. The number of nitrogens with two attached hydrogens (primary N) is 1. The van der Waals surface area contributed by atoms with Crippen molar-refractivity contribution < 1.29 is 4.52 Å². The second kappa shape index (κ2) is 3.95. The quantitative estimate of drug-likeness (QED) is 0.720. The normalized spacial score (nSPS) is 10.9. The maximum atomic E-state index is 5.43. The van der Waals surface area contributed by atoms with Gasteiger partial charge in [-0.1, -0.05) is 17.3 Å². The molecule has 0 atom stereocenters. The molecule has 17 heavy (non-hydrogen) atoms. The molecule has 2 heterocycles. The van der Waals surface area contributed by atoms with E-state index in [4.69, 9.17) is 10.3 Å². The van der Waals surface area contributed by atoms with Gasteiger partial charge in [-0.25, -0.2) is 0 Å². The van der Waals surface area contributed by atoms with Crippen molar-refractivity contribution in [1.82, 2.24) is 15.1 Å². The highest BCUT2D eigenvalue weighted by Crippen LogP contribution is 2.21. The van der Waals surface area contributed by atoms with Gasteiger partial charge in [0.25, 0.3) is 0 Å². The molecule has 0 fully saturated rings. The van der Waals surface area contributed by atoms with Crippen LogP contribution in [0.15, 0.2) is 41.2 Å². The van der Waals surface area contributed by atoms with Gasteiger partial charge in [-0.2, -0.15) is 4.98 Å². The average molecular weight is 226 g/mol. The lowest BCUT2D eigenvalue weighted by molar-refractivity contribution is 0.380. The number of aromatic nitrogens is 3. The van der Waals surface area contributed by atoms with Crippen LogP contribution in [-0.4, -0.2) is 15.1 Å². The molecule has 1 aromatic carbocycles. The Balaban J connectivity index is 2.11. The molecule has 0 aliphatic carbocycles. The van der Waals surface area contributed by atoms with Gasteiger partial charge in [-0.15, -0.1) is 0 Å². The van der Waals surface area contributed by atoms with Gasteiger partial charge >= 0.3 is 0 Å². The third kappa shape index (κ3) is 1.76. The molecule has 3 aromatic rings. The molecule has 0 bridgehead atoms. The van der Waals surface area contributed by atoms with Gasteiger partial charge in [0.2, 0.25) is 11.7 Å². The summed E-state index contributed by atoms with van der Waals surface area (Å²) in [5.74, 6) is 0.999. The molecule has 0 aliphatic heterocycles. The molecule has 5 nitrogen and oxygen atoms in total. The molecule has 0 aliphatic rings. The summed E-state index contributed by atoms with van der Waals surface area (Å²) in [5, 5.41) is 6.06. The molecule has 2 aromatic heterocycles. The molecule has 0 unspecified atom stereocenters. The summed E-state index contributed by atoms with van der Waals surface area (Å²) in [4.78, 5) is 8.25. The van der Waals surface area contributed by atoms with Crippen molar-refractivity contribution in [2.45, 2.75) is 6.54 Å². The largest absolute Gasteiger partial charge is 0.338 e. The molecular formula is C12H10N4O. The highest BCUT2D eigenvalue weighted by atomic mass is 16.5. The van der Waals surface area contributed by atoms with Crippen LogP contribution in [0.1, 0.15) is 5.89 Å². The van der Waals surface area contributed by atoms with Crippen LogP contribution >= 0.6 is 0 Å². The number of pyridine rings is 1. The summed E-state index contributed by atoms with van der Waals surface area (Å²) < 4.78 is 4.98. The van der Waals surface area contributed by atoms with Crippen LogP contribution in [0, 0.1) is 0 Å². The van der Waals surface area contributed by atoms with Crippen molar-refractivity contribution >= 4 is 10.8 Å². The molecular weight excluding hydrogens is 216 g/mol. The first-order valence-corrected chi connectivity index (χ1v) is 5.23. The summed E-state index contributed by atoms with van der Waals surface area (Å²) in [6.45, 7) is 0.254. The number of benzene rings is 1. The van der Waals surface area contributed by atoms with Crippen LogP contribution in [0.5, 0.6) is 0 Å². The van der Waals surface area contributed by atoms with E-state index in [1.807, 2.05) is 30.5 Å². The predicted octanol–water partition coefficient (Wildman–Crippen LogP) is 1.74. The van der Waals surface area contributed by atoms with E-state index in [-0.39, 0.29) is 6.54 Å². The minimum Gasteiger partial charge on any atom is -0.338 e. The zero-order valence-electron chi connectivity index (χ0n) is 9.00. The van der Waals surface area contributed by atoms with E-state index < -0.39 is 0 Å². The summed E-state index contributed by atoms with van der Waals surface area (Å²) in [6.07, 6.45) is 3.58. The van der Waals surface area contributed by atoms with E-state index in [9.17, 15) is 0 Å². The minimum atomic E-state index is 0.254. The molecule has 3 rings (SSSR count). The summed E-state index contributed by atoms with van der Waals surface area (Å²) >= 11 is 0. The van der Waals surface area contributed by atoms with Gasteiger partial charge in [-0.3, -0.25) is 4.98 Å². The highest BCUT2D eigenvalue weighted by Gasteiger charge is 2.07. The first kappa shape index (κ1) is 9.92. The monoisotopic (exact) mass is 226 g/mol. The van der Waals surface area contributed by atoms with Crippen molar-refractivity contribution in [3.8, 4) is 11.4 Å². The third-order valence-corrected chi connectivity index (χ3v) is 2.54. The SMILES string of the molecule is NCc1nc(-c2ccc3cnccc3c2)no1. The highest BCUT2D eigenvalue weighted by molar-refractivity contribution is 5.85. The van der Waals surface area contributed by atoms with Crippen molar-refractivity contribution in [3.05, 3.63) is 42.5 Å². The zero-order valence-corrected chi connectivity index (χ0v) is 9.00. The van der Waals surface area contributed by atoms with Crippen molar-refractivity contribution in [3.63, 3.8) is 0 Å². The second-order valence-corrected chi connectivity index (χ2v) is 3.65. The molecule has 0 spiro atoms. The van der Waals surface area contributed by atoms with E-state index >= 15 is 0 Å². The first-order valence-electron chi connectivity index (χ1n) is 5.23. The van der Waals surface area contributed by atoms with Crippen LogP contribution < -0.4 is 5.73 Å². The molecule has 0 radical (unpaired) electrons. The molecule has 2 N–H and O–H groups in total. The van der Waals surface area contributed by atoms with E-state index in [1.165, 1.54) is 0 Å². The third-order valence-electron chi connectivity index (χ3n) is 2.54. The summed E-state index contributed by atoms with van der Waals surface area (Å²) in [5.41, 5.74) is 6.34. The first-order chi connectivity index (χ1) is 8.36. The van der Waals surface area contributed by atoms with Crippen LogP contribution in [0.2, 0.25) is 0 Å². The lowest BCUT2D eigenvalue weighted by Crippen LogP contribution is -1.95. The van der Waals surface area contributed by atoms with Gasteiger partial charge in [0.05, 0.1) is 6.54 Å². The van der Waals surface area contributed by atoms with E-state index in [2.05, 4.69) is 15.1 Å². The topological polar surface area (TPSA) is 77.8 Å². The van der Waals surface area contributed by atoms with Crippen molar-refractivity contribution in [2.24, 2.45) is 5.73 Å². The zero-order chi connectivity index (χ0) is 11.7. The number of hydrogen-bond acceptors (Lipinski definition) is 5. The maximum absolute atomic E-state index is 5.43. The van der Waals surface area contributed by atoms with Gasteiger partial charge in [0, 0.05) is 23.3 Å². The lowest BCUT2D eigenvalue weighted by atomic mass is 10.1. The number of rotatable bonds is 2. The molecule has 0 saturated carbocycles. The van der Waals surface area contributed by atoms with Crippen molar-refractivity contribution in [2.75, 3.05) is 0 Å². The van der Waals surface area contributed by atoms with E-state index in [1.54, 1.807) is 6.20 Å². The Kier molecular flexibility index (Phi) is 2.31. The fourth-order valence-corrected chi connectivity index (χ4v) is 1.68. The second-order valence-electron chi connectivity index (χ2n) is 3.65. The molecule has 5 heteroatoms. The average Bonchev–Trinajstić information content (AvgIpc) is 2.87. The fraction of sp³-hybridized carbons (Fsp3) is 0.0833. The standard InChI is InChI=1S/C12H10N4O/c13-6-11-15-12(16-17-11)9-1-2-10-7-14-4-3-8(10)5-9/h1-5,7H,6,13H2. The van der Waals surface area contributed by atoms with Crippen LogP contribution in [0.25, 0.3) is 22.2 Å². The fourth-order valence-electron chi connectivity index (χ4n) is 1.68. The van der Waals surface area contributed by atoms with Crippen LogP contribution in [0.3, 0.4) is 0 Å². The Morgan fingerprint density at radius 3 is 2.94 bits per heavy atom. The molecule has 0 saturated heterocycles. The molecule has 84 valence electrons. The lowest BCUT2D eigenvalue weighted by Gasteiger charge is -1.98. The van der Waals surface area contributed by atoms with Crippen LogP contribution in [-0.2, 0) is 6.54 Å². The van der Waals surface area contributed by atoms with Gasteiger partial charge in [-0.05, 0) is 17.5 Å². The van der Waals surface area contributed by atoms with E-state index in [0.29, 0.717) is 11.7 Å². The Hall–Kier alpha value is -2.27. The minimum absolute atomic E-state index is 0.254. The Labute approximate surface area is 97.3 Å². The number of hydrogen-bond donors (Lipinski definition) is 1. The Morgan fingerprint density at radius 2 is 2.12 bits per heavy atom. The van der Waals surface area contributed by atoms with Gasteiger partial charge < -0.3 is 10.3 Å². The van der Waals surface area contributed by atoms with Gasteiger partial charge in [0.15, 0.2) is 0 Å². The molecule has 0 amide bonds. The Morgan fingerprint density at radius 1 is 1.18 bits per heavy atom. The number of nitrogens with zero attached hydrogens (tertiary/aromatic N) is 3. The predicted molar refractivity (Wildman–Crippen MR) is 62.9 cm³/mol. The van der Waals surface area contributed by atoms with Crippen LogP contribution in [0.4, 0.5) is 0 Å². The Bertz CT molecular complexity index is 662. The van der Waals surface area contributed by atoms with Crippen molar-refractivity contribution in [1.29, 1.82) is 0 Å². The van der Waals surface area contributed by atoms with Gasteiger partial charge in [0.1, 0.15) is 0 Å². The van der Waals surface area contributed by atoms with E-state index in [0.717, 1.165) is 16.3 Å². The maximum Gasteiger partial charge on any atom is 0.240 e.